The summed E-state index contributed by atoms with van der Waals surface area (Å²) in [7, 11) is -1.17. The van der Waals surface area contributed by atoms with Crippen LogP contribution in [0.2, 0.25) is 0 Å². The van der Waals surface area contributed by atoms with E-state index >= 15 is 0 Å². The molecule has 2 aliphatic rings. The highest BCUT2D eigenvalue weighted by atomic mass is 32.2. The molecule has 1 saturated heterocycles. The van der Waals surface area contributed by atoms with E-state index < -0.39 is 16.6 Å². The number of rotatable bonds is 2. The van der Waals surface area contributed by atoms with Crippen LogP contribution in [0.25, 0.3) is 0 Å². The molecule has 1 unspecified atom stereocenters. The van der Waals surface area contributed by atoms with Crippen LogP contribution in [0.5, 0.6) is 0 Å². The zero-order valence-electron chi connectivity index (χ0n) is 17.9. The highest BCUT2D eigenvalue weighted by Gasteiger charge is 2.49. The Bertz CT molecular complexity index is 759. The lowest BCUT2D eigenvalue weighted by Crippen LogP contribution is -2.49. The van der Waals surface area contributed by atoms with Crippen molar-refractivity contribution in [2.75, 3.05) is 13.1 Å². The first-order valence-electron chi connectivity index (χ1n) is 10.0. The van der Waals surface area contributed by atoms with E-state index in [9.17, 15) is 9.00 Å². The monoisotopic (exact) mass is 407 g/mol. The van der Waals surface area contributed by atoms with Gasteiger partial charge in [0.05, 0.1) is 21.8 Å². The molecule has 1 fully saturated rings. The Balaban J connectivity index is 1.79. The van der Waals surface area contributed by atoms with Crippen LogP contribution < -0.4 is 4.72 Å². The molecule has 0 radical (unpaired) electrons. The van der Waals surface area contributed by atoms with Gasteiger partial charge in [-0.25, -0.2) is 13.7 Å². The molecule has 1 aliphatic heterocycles. The van der Waals surface area contributed by atoms with Gasteiger partial charge in [-0.2, -0.15) is 0 Å². The van der Waals surface area contributed by atoms with Crippen molar-refractivity contribution >= 4 is 17.1 Å². The van der Waals surface area contributed by atoms with Gasteiger partial charge >= 0.3 is 6.09 Å². The van der Waals surface area contributed by atoms with E-state index in [1.165, 1.54) is 11.1 Å². The van der Waals surface area contributed by atoms with Crippen molar-refractivity contribution in [3.8, 4) is 0 Å². The molecule has 0 saturated carbocycles. The molecule has 3 rings (SSSR count). The topological polar surface area (TPSA) is 71.5 Å². The molecule has 0 aromatic carbocycles. The van der Waals surface area contributed by atoms with Crippen LogP contribution in [0.4, 0.5) is 4.79 Å². The van der Waals surface area contributed by atoms with Crippen molar-refractivity contribution in [2.45, 2.75) is 77.2 Å². The number of aromatic nitrogens is 1. The second-order valence-electron chi connectivity index (χ2n) is 10.0. The zero-order chi connectivity index (χ0) is 20.7. The van der Waals surface area contributed by atoms with E-state index in [-0.39, 0.29) is 22.3 Å². The SMILES string of the molecule is CC(C)(C)OC(=O)N1CCC2(CC1)Cc1cnccc1[C@H]2NS(=O)C(C)(C)C. The first kappa shape index (κ1) is 21.2. The van der Waals surface area contributed by atoms with Gasteiger partial charge in [0.15, 0.2) is 0 Å². The van der Waals surface area contributed by atoms with Crippen molar-refractivity contribution in [1.29, 1.82) is 0 Å². The van der Waals surface area contributed by atoms with Crippen LogP contribution in [0.15, 0.2) is 18.5 Å². The highest BCUT2D eigenvalue weighted by molar-refractivity contribution is 7.84. The molecule has 156 valence electrons. The summed E-state index contributed by atoms with van der Waals surface area (Å²) in [6.45, 7) is 12.9. The van der Waals surface area contributed by atoms with E-state index in [0.29, 0.717) is 13.1 Å². The van der Waals surface area contributed by atoms with Gasteiger partial charge in [0.25, 0.3) is 0 Å². The lowest BCUT2D eigenvalue weighted by molar-refractivity contribution is 0.00724. The van der Waals surface area contributed by atoms with Gasteiger partial charge in [-0.05, 0) is 83.4 Å². The number of likely N-dealkylation sites (tertiary alicyclic amines) is 1. The fourth-order valence-electron chi connectivity index (χ4n) is 4.08. The number of hydrogen-bond donors (Lipinski definition) is 1. The molecular weight excluding hydrogens is 374 g/mol. The summed E-state index contributed by atoms with van der Waals surface area (Å²) in [6.07, 6.45) is 6.08. The minimum absolute atomic E-state index is 0.00587. The van der Waals surface area contributed by atoms with E-state index in [1.807, 2.05) is 60.0 Å². The van der Waals surface area contributed by atoms with Crippen LogP contribution >= 0.6 is 0 Å². The fourth-order valence-corrected chi connectivity index (χ4v) is 5.02. The third-order valence-corrected chi connectivity index (χ3v) is 7.16. The highest BCUT2D eigenvalue weighted by Crippen LogP contribution is 2.52. The maximum absolute atomic E-state index is 12.9. The summed E-state index contributed by atoms with van der Waals surface area (Å²) in [5.74, 6) is 0. The standard InChI is InChI=1S/C21H33N3O3S/c1-19(2,3)27-18(25)24-11-8-21(9-12-24)13-15-14-22-10-7-16(15)17(21)23-28(26)20(4,5)6/h7,10,14,17,23H,8-9,11-13H2,1-6H3/t17-,28?/m1/s1. The Morgan fingerprint density at radius 1 is 1.25 bits per heavy atom. The summed E-state index contributed by atoms with van der Waals surface area (Å²) >= 11 is 0. The zero-order valence-corrected chi connectivity index (χ0v) is 18.7. The van der Waals surface area contributed by atoms with Crippen LogP contribution in [0.1, 0.15) is 71.6 Å². The second-order valence-corrected chi connectivity index (χ2v) is 12.0. The van der Waals surface area contributed by atoms with E-state index in [1.54, 1.807) is 4.90 Å². The molecule has 2 heterocycles. The van der Waals surface area contributed by atoms with Gasteiger partial charge in [0.1, 0.15) is 5.60 Å². The van der Waals surface area contributed by atoms with E-state index in [4.69, 9.17) is 4.74 Å². The summed E-state index contributed by atoms with van der Waals surface area (Å²) < 4.78 is 21.5. The summed E-state index contributed by atoms with van der Waals surface area (Å²) in [5.41, 5.74) is 1.87. The van der Waals surface area contributed by atoms with Crippen molar-refractivity contribution < 1.29 is 13.7 Å². The van der Waals surface area contributed by atoms with Crippen molar-refractivity contribution in [2.24, 2.45) is 5.41 Å². The predicted molar refractivity (Wildman–Crippen MR) is 111 cm³/mol. The maximum Gasteiger partial charge on any atom is 0.410 e. The number of nitrogens with zero attached hydrogens (tertiary/aromatic N) is 2. The largest absolute Gasteiger partial charge is 0.444 e. The Kier molecular flexibility index (Phi) is 5.62. The molecule has 1 aromatic rings. The van der Waals surface area contributed by atoms with Crippen LogP contribution in [-0.2, 0) is 22.1 Å². The molecule has 2 atom stereocenters. The second kappa shape index (κ2) is 7.41. The lowest BCUT2D eigenvalue weighted by atomic mass is 9.73. The minimum atomic E-state index is -1.17. The number of piperidine rings is 1. The van der Waals surface area contributed by atoms with Crippen LogP contribution in [0.3, 0.4) is 0 Å². The van der Waals surface area contributed by atoms with Crippen molar-refractivity contribution in [3.05, 3.63) is 29.6 Å². The molecule has 1 aliphatic carbocycles. The molecule has 1 N–H and O–H groups in total. The van der Waals surface area contributed by atoms with Crippen molar-refractivity contribution in [1.82, 2.24) is 14.6 Å². The number of pyridine rings is 1. The van der Waals surface area contributed by atoms with Gasteiger partial charge in [-0.3, -0.25) is 4.98 Å². The summed E-state index contributed by atoms with van der Waals surface area (Å²) in [6, 6.07) is 2.05. The third-order valence-electron chi connectivity index (χ3n) is 5.60. The Morgan fingerprint density at radius 3 is 2.46 bits per heavy atom. The Morgan fingerprint density at radius 2 is 1.89 bits per heavy atom. The molecule has 6 nitrogen and oxygen atoms in total. The van der Waals surface area contributed by atoms with E-state index in [0.717, 1.165) is 19.3 Å². The van der Waals surface area contributed by atoms with Crippen LogP contribution in [-0.4, -0.2) is 43.6 Å². The Labute approximate surface area is 171 Å². The fraction of sp³-hybridized carbons (Fsp3) is 0.714. The van der Waals surface area contributed by atoms with E-state index in [2.05, 4.69) is 9.71 Å². The molecule has 7 heteroatoms. The number of amides is 1. The first-order valence-corrected chi connectivity index (χ1v) is 11.2. The first-order chi connectivity index (χ1) is 12.9. The van der Waals surface area contributed by atoms with Gasteiger partial charge in [0.2, 0.25) is 0 Å². The number of nitrogens with one attached hydrogen (secondary N) is 1. The normalized spacial score (nSPS) is 22.8. The number of ether oxygens (including phenoxy) is 1. The molecule has 1 aromatic heterocycles. The number of carbonyl (C=O) groups is 1. The third kappa shape index (κ3) is 4.40. The van der Waals surface area contributed by atoms with Crippen molar-refractivity contribution in [3.63, 3.8) is 0 Å². The average Bonchev–Trinajstić information content (AvgIpc) is 2.86. The van der Waals surface area contributed by atoms with Gasteiger partial charge in [0, 0.05) is 25.5 Å². The summed E-state index contributed by atoms with van der Waals surface area (Å²) in [4.78, 5) is 18.5. The Hall–Kier alpha value is -1.47. The number of fused-ring (bicyclic) bond motifs is 1. The van der Waals surface area contributed by atoms with Crippen LogP contribution in [0, 0.1) is 5.41 Å². The lowest BCUT2D eigenvalue weighted by Gasteiger charge is -2.44. The number of carbonyl (C=O) groups excluding carboxylic acids is 1. The average molecular weight is 408 g/mol. The molecule has 1 spiro atoms. The molecule has 1 amide bonds. The van der Waals surface area contributed by atoms with Gasteiger partial charge in [-0.1, -0.05) is 0 Å². The number of hydrogen-bond acceptors (Lipinski definition) is 4. The smallest absolute Gasteiger partial charge is 0.410 e. The molecule has 28 heavy (non-hydrogen) atoms. The van der Waals surface area contributed by atoms with Gasteiger partial charge < -0.3 is 9.64 Å². The minimum Gasteiger partial charge on any atom is -0.444 e. The predicted octanol–water partition coefficient (Wildman–Crippen LogP) is 3.75. The maximum atomic E-state index is 12.9. The molecular formula is C21H33N3O3S. The summed E-state index contributed by atoms with van der Waals surface area (Å²) in [5, 5.41) is 0. The quantitative estimate of drug-likeness (QED) is 0.810. The molecule has 0 bridgehead atoms. The van der Waals surface area contributed by atoms with Gasteiger partial charge in [-0.15, -0.1) is 0 Å².